The standard InChI is InChI=1S/C12H12F3N3O2/c1-6(16-2)11-17-10(18-20-11)7-3-4-9(19)8(5-7)12(13,14)15/h3-6,16,19H,1-2H3. The second-order valence-electron chi connectivity index (χ2n) is 4.20. The van der Waals surface area contributed by atoms with Crippen LogP contribution in [0.15, 0.2) is 22.7 Å². The van der Waals surface area contributed by atoms with Crippen LogP contribution in [-0.2, 0) is 6.18 Å². The van der Waals surface area contributed by atoms with Gasteiger partial charge in [0.15, 0.2) is 0 Å². The Morgan fingerprint density at radius 2 is 2.05 bits per heavy atom. The third-order valence-corrected chi connectivity index (χ3v) is 2.81. The first-order valence-corrected chi connectivity index (χ1v) is 5.74. The summed E-state index contributed by atoms with van der Waals surface area (Å²) in [5, 5.41) is 15.8. The van der Waals surface area contributed by atoms with Crippen LogP contribution in [0.25, 0.3) is 11.4 Å². The minimum Gasteiger partial charge on any atom is -0.507 e. The Balaban J connectivity index is 2.41. The molecular formula is C12H12F3N3O2. The summed E-state index contributed by atoms with van der Waals surface area (Å²) in [5.74, 6) is -0.537. The minimum absolute atomic E-state index is 0.0348. The number of hydrogen-bond donors (Lipinski definition) is 2. The van der Waals surface area contributed by atoms with Crippen molar-refractivity contribution in [2.24, 2.45) is 0 Å². The van der Waals surface area contributed by atoms with Crippen LogP contribution in [-0.4, -0.2) is 22.3 Å². The van der Waals surface area contributed by atoms with Crippen molar-refractivity contribution in [3.8, 4) is 17.1 Å². The zero-order chi connectivity index (χ0) is 14.9. The van der Waals surface area contributed by atoms with Crippen LogP contribution in [0.1, 0.15) is 24.4 Å². The van der Waals surface area contributed by atoms with E-state index >= 15 is 0 Å². The fourth-order valence-corrected chi connectivity index (χ4v) is 1.55. The number of aromatic hydroxyl groups is 1. The molecule has 1 unspecified atom stereocenters. The van der Waals surface area contributed by atoms with Gasteiger partial charge in [-0.25, -0.2) is 0 Å². The fourth-order valence-electron chi connectivity index (χ4n) is 1.55. The maximum atomic E-state index is 12.7. The van der Waals surface area contributed by atoms with E-state index in [1.807, 2.05) is 0 Å². The second-order valence-corrected chi connectivity index (χ2v) is 4.20. The van der Waals surface area contributed by atoms with Crippen LogP contribution in [0.3, 0.4) is 0 Å². The zero-order valence-corrected chi connectivity index (χ0v) is 10.7. The summed E-state index contributed by atoms with van der Waals surface area (Å²) in [6, 6.07) is 2.82. The molecule has 108 valence electrons. The first-order valence-electron chi connectivity index (χ1n) is 5.74. The molecule has 0 aliphatic heterocycles. The topological polar surface area (TPSA) is 71.2 Å². The summed E-state index contributed by atoms with van der Waals surface area (Å²) < 4.78 is 43.1. The van der Waals surface area contributed by atoms with E-state index < -0.39 is 17.5 Å². The highest BCUT2D eigenvalue weighted by Crippen LogP contribution is 2.37. The lowest BCUT2D eigenvalue weighted by Gasteiger charge is -2.09. The molecule has 0 bridgehead atoms. The van der Waals surface area contributed by atoms with Gasteiger partial charge in [0.05, 0.1) is 11.6 Å². The van der Waals surface area contributed by atoms with Gasteiger partial charge < -0.3 is 14.9 Å². The summed E-state index contributed by atoms with van der Waals surface area (Å²) in [5.41, 5.74) is -1.02. The van der Waals surface area contributed by atoms with Crippen LogP contribution < -0.4 is 5.32 Å². The lowest BCUT2D eigenvalue weighted by Crippen LogP contribution is -2.12. The van der Waals surface area contributed by atoms with Crippen LogP contribution in [0.4, 0.5) is 13.2 Å². The molecule has 0 spiro atoms. The highest BCUT2D eigenvalue weighted by atomic mass is 19.4. The minimum atomic E-state index is -4.65. The maximum Gasteiger partial charge on any atom is 0.419 e. The molecule has 20 heavy (non-hydrogen) atoms. The number of aromatic nitrogens is 2. The first kappa shape index (κ1) is 14.3. The molecule has 1 aromatic heterocycles. The predicted octanol–water partition coefficient (Wildman–Crippen LogP) is 2.74. The fraction of sp³-hybridized carbons (Fsp3) is 0.333. The zero-order valence-electron chi connectivity index (χ0n) is 10.7. The monoisotopic (exact) mass is 287 g/mol. The van der Waals surface area contributed by atoms with Gasteiger partial charge in [0.2, 0.25) is 11.7 Å². The summed E-state index contributed by atoms with van der Waals surface area (Å²) >= 11 is 0. The second kappa shape index (κ2) is 5.12. The van der Waals surface area contributed by atoms with Gasteiger partial charge in [-0.05, 0) is 32.2 Å². The Labute approximate surface area is 112 Å². The summed E-state index contributed by atoms with van der Waals surface area (Å²) in [4.78, 5) is 4.01. The van der Waals surface area contributed by atoms with Crippen molar-refractivity contribution in [2.45, 2.75) is 19.1 Å². The number of phenols is 1. The van der Waals surface area contributed by atoms with Gasteiger partial charge in [-0.2, -0.15) is 18.2 Å². The van der Waals surface area contributed by atoms with Crippen molar-refractivity contribution in [2.75, 3.05) is 7.05 Å². The van der Waals surface area contributed by atoms with E-state index in [1.54, 1.807) is 14.0 Å². The number of halogens is 3. The molecule has 0 fully saturated rings. The van der Waals surface area contributed by atoms with Crippen LogP contribution >= 0.6 is 0 Å². The van der Waals surface area contributed by atoms with Crippen molar-refractivity contribution in [1.82, 2.24) is 15.5 Å². The highest BCUT2D eigenvalue weighted by Gasteiger charge is 2.34. The van der Waals surface area contributed by atoms with E-state index in [2.05, 4.69) is 15.5 Å². The smallest absolute Gasteiger partial charge is 0.419 e. The number of alkyl halides is 3. The van der Waals surface area contributed by atoms with Gasteiger partial charge in [-0.1, -0.05) is 5.16 Å². The van der Waals surface area contributed by atoms with Gasteiger partial charge in [-0.3, -0.25) is 0 Å². The van der Waals surface area contributed by atoms with Crippen molar-refractivity contribution < 1.29 is 22.8 Å². The number of rotatable bonds is 3. The van der Waals surface area contributed by atoms with Crippen LogP contribution in [0.2, 0.25) is 0 Å². The molecule has 1 heterocycles. The number of benzene rings is 1. The predicted molar refractivity (Wildman–Crippen MR) is 63.9 cm³/mol. The van der Waals surface area contributed by atoms with Gasteiger partial charge in [0, 0.05) is 5.56 Å². The van der Waals surface area contributed by atoms with Crippen LogP contribution in [0, 0.1) is 0 Å². The maximum absolute atomic E-state index is 12.7. The third kappa shape index (κ3) is 2.74. The molecule has 8 heteroatoms. The van der Waals surface area contributed by atoms with Gasteiger partial charge in [0.25, 0.3) is 0 Å². The summed E-state index contributed by atoms with van der Waals surface area (Å²) in [7, 11) is 1.69. The molecule has 0 saturated heterocycles. The number of nitrogens with zero attached hydrogens (tertiary/aromatic N) is 2. The molecule has 5 nitrogen and oxygen atoms in total. The SMILES string of the molecule is CNC(C)c1nc(-c2ccc(O)c(C(F)(F)F)c2)no1. The molecule has 0 radical (unpaired) electrons. The Morgan fingerprint density at radius 1 is 1.35 bits per heavy atom. The molecule has 0 aliphatic carbocycles. The molecule has 2 N–H and O–H groups in total. The van der Waals surface area contributed by atoms with E-state index in [-0.39, 0.29) is 23.3 Å². The molecule has 2 rings (SSSR count). The lowest BCUT2D eigenvalue weighted by molar-refractivity contribution is -0.138. The van der Waals surface area contributed by atoms with E-state index in [9.17, 15) is 18.3 Å². The van der Waals surface area contributed by atoms with Gasteiger partial charge >= 0.3 is 6.18 Å². The average Bonchev–Trinajstić information content (AvgIpc) is 2.86. The molecular weight excluding hydrogens is 275 g/mol. The molecule has 1 atom stereocenters. The number of nitrogens with one attached hydrogen (secondary N) is 1. The molecule has 2 aromatic rings. The van der Waals surface area contributed by atoms with Crippen molar-refractivity contribution in [3.05, 3.63) is 29.7 Å². The van der Waals surface area contributed by atoms with E-state index in [0.29, 0.717) is 0 Å². The Hall–Kier alpha value is -2.09. The van der Waals surface area contributed by atoms with E-state index in [1.165, 1.54) is 6.07 Å². The van der Waals surface area contributed by atoms with E-state index in [0.717, 1.165) is 12.1 Å². The summed E-state index contributed by atoms with van der Waals surface area (Å²) in [6.07, 6.45) is -4.65. The Bertz CT molecular complexity index is 610. The van der Waals surface area contributed by atoms with Crippen molar-refractivity contribution in [3.63, 3.8) is 0 Å². The average molecular weight is 287 g/mol. The van der Waals surface area contributed by atoms with Crippen molar-refractivity contribution >= 4 is 0 Å². The molecule has 0 aliphatic rings. The third-order valence-electron chi connectivity index (χ3n) is 2.81. The van der Waals surface area contributed by atoms with Crippen molar-refractivity contribution in [1.29, 1.82) is 0 Å². The van der Waals surface area contributed by atoms with Gasteiger partial charge in [-0.15, -0.1) is 0 Å². The summed E-state index contributed by atoms with van der Waals surface area (Å²) in [6.45, 7) is 1.77. The van der Waals surface area contributed by atoms with Crippen LogP contribution in [0.5, 0.6) is 5.75 Å². The lowest BCUT2D eigenvalue weighted by atomic mass is 10.1. The quantitative estimate of drug-likeness (QED) is 0.908. The van der Waals surface area contributed by atoms with E-state index in [4.69, 9.17) is 4.52 Å². The normalized spacial score (nSPS) is 13.4. The molecule has 0 saturated carbocycles. The first-order chi connectivity index (χ1) is 9.32. The number of hydrogen-bond acceptors (Lipinski definition) is 5. The molecule has 0 amide bonds. The molecule has 1 aromatic carbocycles. The largest absolute Gasteiger partial charge is 0.507 e. The number of phenolic OH excluding ortho intramolecular Hbond substituents is 1. The Kier molecular flexibility index (Phi) is 3.67. The highest BCUT2D eigenvalue weighted by molar-refractivity contribution is 5.58. The Morgan fingerprint density at radius 3 is 2.65 bits per heavy atom. The van der Waals surface area contributed by atoms with Gasteiger partial charge in [0.1, 0.15) is 5.75 Å².